The summed E-state index contributed by atoms with van der Waals surface area (Å²) >= 11 is 2.73. The molecule has 20 heavy (non-hydrogen) atoms. The van der Waals surface area contributed by atoms with E-state index < -0.39 is 26.4 Å². The minimum Gasteiger partial charge on any atom is -0.467 e. The average Bonchev–Trinajstić information content (AvgIpc) is 2.45. The molecule has 0 aliphatic rings. The van der Waals surface area contributed by atoms with Gasteiger partial charge in [0.15, 0.2) is 0 Å². The molecular formula is C11H12BrNO6S. The lowest BCUT2D eigenvalue weighted by Gasteiger charge is -2.22. The topological polar surface area (TPSA) is 98.8 Å². The number of methoxy groups -OCH3 is 2. The summed E-state index contributed by atoms with van der Waals surface area (Å²) in [6.07, 6.45) is 0. The molecule has 0 heterocycles. The molecule has 0 unspecified atom stereocenters. The number of sulfonamides is 1. The van der Waals surface area contributed by atoms with Gasteiger partial charge >= 0.3 is 11.9 Å². The van der Waals surface area contributed by atoms with Crippen LogP contribution in [0.25, 0.3) is 0 Å². The standard InChI is InChI=1S/C11H12BrNO6S/c1-18-9(14)11(12,10(15)19-2)13-20(16,17)8-6-4-3-5-7-8/h3-7,13H,1-2H3. The van der Waals surface area contributed by atoms with Crippen molar-refractivity contribution in [2.45, 2.75) is 9.34 Å². The Bertz CT molecular complexity index is 585. The number of hydrogen-bond acceptors (Lipinski definition) is 6. The van der Waals surface area contributed by atoms with E-state index in [0.29, 0.717) is 0 Å². The van der Waals surface area contributed by atoms with Crippen molar-refractivity contribution in [3.05, 3.63) is 30.3 Å². The summed E-state index contributed by atoms with van der Waals surface area (Å²) in [5, 5.41) is 0. The molecule has 0 aliphatic carbocycles. The van der Waals surface area contributed by atoms with Gasteiger partial charge in [-0.05, 0) is 28.1 Å². The second-order valence-corrected chi connectivity index (χ2v) is 6.43. The van der Waals surface area contributed by atoms with Crippen LogP contribution in [-0.2, 0) is 29.1 Å². The van der Waals surface area contributed by atoms with Gasteiger partial charge in [0, 0.05) is 0 Å². The van der Waals surface area contributed by atoms with Crippen LogP contribution in [0.5, 0.6) is 0 Å². The zero-order valence-electron chi connectivity index (χ0n) is 10.6. The highest BCUT2D eigenvalue weighted by Gasteiger charge is 2.49. The fraction of sp³-hybridized carbons (Fsp3) is 0.273. The van der Waals surface area contributed by atoms with Crippen LogP contribution in [0.15, 0.2) is 35.2 Å². The zero-order chi connectivity index (χ0) is 15.4. The molecule has 0 radical (unpaired) electrons. The van der Waals surface area contributed by atoms with Gasteiger partial charge in [-0.3, -0.25) is 0 Å². The molecule has 1 N–H and O–H groups in total. The van der Waals surface area contributed by atoms with Crippen LogP contribution in [-0.4, -0.2) is 39.0 Å². The van der Waals surface area contributed by atoms with Gasteiger partial charge in [-0.15, -0.1) is 0 Å². The summed E-state index contributed by atoms with van der Waals surface area (Å²) in [4.78, 5) is 23.2. The fourth-order valence-corrected chi connectivity index (χ4v) is 3.42. The Morgan fingerprint density at radius 1 is 1.10 bits per heavy atom. The molecule has 1 aromatic carbocycles. The third kappa shape index (κ3) is 3.35. The van der Waals surface area contributed by atoms with E-state index in [1.54, 1.807) is 6.07 Å². The van der Waals surface area contributed by atoms with Crippen molar-refractivity contribution in [3.63, 3.8) is 0 Å². The molecule has 0 bridgehead atoms. The molecule has 0 amide bonds. The first-order chi connectivity index (χ1) is 9.28. The highest BCUT2D eigenvalue weighted by atomic mass is 79.9. The molecule has 7 nitrogen and oxygen atoms in total. The van der Waals surface area contributed by atoms with Crippen LogP contribution < -0.4 is 4.72 Å². The van der Waals surface area contributed by atoms with Gasteiger partial charge < -0.3 is 9.47 Å². The van der Waals surface area contributed by atoms with Crippen molar-refractivity contribution in [2.24, 2.45) is 0 Å². The minimum absolute atomic E-state index is 0.114. The van der Waals surface area contributed by atoms with Gasteiger partial charge in [0.25, 0.3) is 4.45 Å². The zero-order valence-corrected chi connectivity index (χ0v) is 13.0. The lowest BCUT2D eigenvalue weighted by molar-refractivity contribution is -0.156. The molecular weight excluding hydrogens is 354 g/mol. The molecule has 0 aliphatic heterocycles. The van der Waals surface area contributed by atoms with Gasteiger partial charge in [0.2, 0.25) is 10.0 Å². The van der Waals surface area contributed by atoms with Gasteiger partial charge in [-0.2, -0.15) is 4.72 Å². The van der Waals surface area contributed by atoms with E-state index >= 15 is 0 Å². The smallest absolute Gasteiger partial charge is 0.350 e. The van der Waals surface area contributed by atoms with Gasteiger partial charge in [0.1, 0.15) is 0 Å². The van der Waals surface area contributed by atoms with Gasteiger partial charge in [0.05, 0.1) is 19.1 Å². The van der Waals surface area contributed by atoms with Crippen molar-refractivity contribution < 1.29 is 27.5 Å². The monoisotopic (exact) mass is 365 g/mol. The van der Waals surface area contributed by atoms with Gasteiger partial charge in [-0.25, -0.2) is 18.0 Å². The number of hydrogen-bond donors (Lipinski definition) is 1. The Morgan fingerprint density at radius 3 is 1.95 bits per heavy atom. The summed E-state index contributed by atoms with van der Waals surface area (Å²) in [6, 6.07) is 7.25. The van der Waals surface area contributed by atoms with Crippen molar-refractivity contribution >= 4 is 37.9 Å². The molecule has 0 saturated carbocycles. The van der Waals surface area contributed by atoms with Crippen LogP contribution in [0.2, 0.25) is 0 Å². The number of rotatable bonds is 5. The molecule has 0 fully saturated rings. The number of alkyl halides is 1. The first kappa shape index (κ1) is 16.6. The third-order valence-electron chi connectivity index (χ3n) is 2.26. The minimum atomic E-state index is -4.13. The average molecular weight is 366 g/mol. The normalized spacial score (nSPS) is 11.8. The number of halogens is 1. The van der Waals surface area contributed by atoms with Crippen molar-refractivity contribution in [1.82, 2.24) is 4.72 Å². The third-order valence-corrected chi connectivity index (χ3v) is 4.84. The predicted octanol–water partition coefficient (Wildman–Crippen LogP) is 0.402. The maximum atomic E-state index is 12.1. The van der Waals surface area contributed by atoms with Gasteiger partial charge in [-0.1, -0.05) is 18.2 Å². The number of carbonyl (C=O) groups excluding carboxylic acids is 2. The van der Waals surface area contributed by atoms with Crippen LogP contribution in [0.1, 0.15) is 0 Å². The van der Waals surface area contributed by atoms with Crippen LogP contribution in [0.4, 0.5) is 0 Å². The molecule has 1 aromatic rings. The van der Waals surface area contributed by atoms with E-state index in [1.165, 1.54) is 24.3 Å². The SMILES string of the molecule is COC(=O)C(Br)(NS(=O)(=O)c1ccccc1)C(=O)OC. The number of ether oxygens (including phenoxy) is 2. The number of esters is 2. The Kier molecular flexibility index (Phi) is 5.26. The van der Waals surface area contributed by atoms with E-state index in [-0.39, 0.29) is 4.90 Å². The molecule has 0 saturated heterocycles. The van der Waals surface area contributed by atoms with Crippen LogP contribution in [0.3, 0.4) is 0 Å². The first-order valence-corrected chi connectivity index (χ1v) is 7.50. The van der Waals surface area contributed by atoms with E-state index in [9.17, 15) is 18.0 Å². The Balaban J connectivity index is 3.21. The van der Waals surface area contributed by atoms with E-state index in [0.717, 1.165) is 14.2 Å². The van der Waals surface area contributed by atoms with E-state index in [1.807, 2.05) is 4.72 Å². The molecule has 1 rings (SSSR count). The first-order valence-electron chi connectivity index (χ1n) is 5.22. The van der Waals surface area contributed by atoms with Crippen molar-refractivity contribution in [2.75, 3.05) is 14.2 Å². The lowest BCUT2D eigenvalue weighted by Crippen LogP contribution is -2.56. The lowest BCUT2D eigenvalue weighted by atomic mass is 10.3. The number of benzene rings is 1. The Hall–Kier alpha value is -1.45. The fourth-order valence-electron chi connectivity index (χ4n) is 1.29. The second-order valence-electron chi connectivity index (χ2n) is 3.56. The number of nitrogens with one attached hydrogen (secondary N) is 1. The Labute approximate surface area is 124 Å². The maximum absolute atomic E-state index is 12.1. The van der Waals surface area contributed by atoms with E-state index in [2.05, 4.69) is 25.4 Å². The molecule has 9 heteroatoms. The molecule has 110 valence electrons. The largest absolute Gasteiger partial charge is 0.467 e. The summed E-state index contributed by atoms with van der Waals surface area (Å²) in [7, 11) is -2.10. The van der Waals surface area contributed by atoms with Crippen LogP contribution in [0, 0.1) is 0 Å². The van der Waals surface area contributed by atoms with Crippen molar-refractivity contribution in [3.8, 4) is 0 Å². The summed E-state index contributed by atoms with van der Waals surface area (Å²) < 4.78 is 32.7. The second kappa shape index (κ2) is 6.33. The van der Waals surface area contributed by atoms with E-state index in [4.69, 9.17) is 0 Å². The molecule has 0 spiro atoms. The maximum Gasteiger partial charge on any atom is 0.350 e. The summed E-state index contributed by atoms with van der Waals surface area (Å²) in [5.74, 6) is -2.30. The molecule has 0 aromatic heterocycles. The quantitative estimate of drug-likeness (QED) is 0.351. The summed E-state index contributed by atoms with van der Waals surface area (Å²) in [6.45, 7) is 0. The summed E-state index contributed by atoms with van der Waals surface area (Å²) in [5.41, 5.74) is 0. The highest BCUT2D eigenvalue weighted by molar-refractivity contribution is 9.10. The van der Waals surface area contributed by atoms with Crippen molar-refractivity contribution in [1.29, 1.82) is 0 Å². The Morgan fingerprint density at radius 2 is 1.55 bits per heavy atom. The predicted molar refractivity (Wildman–Crippen MR) is 72.5 cm³/mol. The highest BCUT2D eigenvalue weighted by Crippen LogP contribution is 2.22. The molecule has 0 atom stereocenters. The number of carbonyl (C=O) groups is 2. The van der Waals surface area contributed by atoms with Crippen LogP contribution >= 0.6 is 15.9 Å².